The third-order valence-corrected chi connectivity index (χ3v) is 6.49. The van der Waals surface area contributed by atoms with Gasteiger partial charge >= 0.3 is 6.03 Å². The van der Waals surface area contributed by atoms with Crippen LogP contribution in [0.3, 0.4) is 0 Å². The van der Waals surface area contributed by atoms with Gasteiger partial charge in [0.2, 0.25) is 5.91 Å². The molecule has 3 aliphatic heterocycles. The molecule has 3 amide bonds. The highest BCUT2D eigenvalue weighted by Crippen LogP contribution is 2.31. The zero-order chi connectivity index (χ0) is 18.0. The maximum atomic E-state index is 12.9. The van der Waals surface area contributed by atoms with Gasteiger partial charge in [-0.2, -0.15) is 0 Å². The summed E-state index contributed by atoms with van der Waals surface area (Å²) >= 11 is 0. The first-order valence-electron chi connectivity index (χ1n) is 10.1. The molecule has 3 aliphatic rings. The predicted molar refractivity (Wildman–Crippen MR) is 106 cm³/mol. The SMILES string of the molecule is CCN(CC)C(=O)N1CCC(C(=O)N(C)C2CC3CCC(C2)N3)CC1.Cl. The van der Waals surface area contributed by atoms with Gasteiger partial charge in [0.1, 0.15) is 0 Å². The van der Waals surface area contributed by atoms with Crippen LogP contribution in [0, 0.1) is 5.92 Å². The molecule has 7 heteroatoms. The third-order valence-electron chi connectivity index (χ3n) is 6.49. The Morgan fingerprint density at radius 1 is 1.00 bits per heavy atom. The first kappa shape index (κ1) is 21.3. The Bertz CT molecular complexity index is 480. The van der Waals surface area contributed by atoms with Crippen LogP contribution in [0.5, 0.6) is 0 Å². The van der Waals surface area contributed by atoms with Crippen molar-refractivity contribution in [2.75, 3.05) is 33.2 Å². The molecule has 2 atom stereocenters. The summed E-state index contributed by atoms with van der Waals surface area (Å²) in [6.07, 6.45) is 6.31. The van der Waals surface area contributed by atoms with Crippen LogP contribution in [0.25, 0.3) is 0 Å². The van der Waals surface area contributed by atoms with Crippen molar-refractivity contribution in [3.8, 4) is 0 Å². The topological polar surface area (TPSA) is 55.9 Å². The summed E-state index contributed by atoms with van der Waals surface area (Å²) in [6.45, 7) is 6.93. The Morgan fingerprint density at radius 2 is 1.54 bits per heavy atom. The summed E-state index contributed by atoms with van der Waals surface area (Å²) in [4.78, 5) is 31.2. The Morgan fingerprint density at radius 3 is 2.04 bits per heavy atom. The summed E-state index contributed by atoms with van der Waals surface area (Å²) in [5.41, 5.74) is 0. The minimum atomic E-state index is 0. The van der Waals surface area contributed by atoms with Gasteiger partial charge in [0.15, 0.2) is 0 Å². The van der Waals surface area contributed by atoms with E-state index in [1.807, 2.05) is 35.6 Å². The zero-order valence-corrected chi connectivity index (χ0v) is 17.3. The maximum absolute atomic E-state index is 12.9. The van der Waals surface area contributed by atoms with Gasteiger partial charge in [0.05, 0.1) is 0 Å². The molecule has 0 saturated carbocycles. The molecule has 3 heterocycles. The van der Waals surface area contributed by atoms with Crippen molar-refractivity contribution in [3.63, 3.8) is 0 Å². The van der Waals surface area contributed by atoms with Gasteiger partial charge in [-0.05, 0) is 52.4 Å². The smallest absolute Gasteiger partial charge is 0.319 e. The first-order chi connectivity index (χ1) is 12.0. The van der Waals surface area contributed by atoms with E-state index in [0.29, 0.717) is 37.1 Å². The van der Waals surface area contributed by atoms with Crippen LogP contribution in [-0.4, -0.2) is 78.0 Å². The number of hydrogen-bond acceptors (Lipinski definition) is 3. The molecular weight excluding hydrogens is 352 g/mol. The summed E-state index contributed by atoms with van der Waals surface area (Å²) in [7, 11) is 1.99. The molecule has 0 aromatic carbocycles. The van der Waals surface area contributed by atoms with E-state index >= 15 is 0 Å². The minimum Gasteiger partial charge on any atom is -0.342 e. The summed E-state index contributed by atoms with van der Waals surface area (Å²) < 4.78 is 0. The Labute approximate surface area is 164 Å². The van der Waals surface area contributed by atoms with Crippen LogP contribution in [0.1, 0.15) is 52.4 Å². The fourth-order valence-corrected chi connectivity index (χ4v) is 4.82. The van der Waals surface area contributed by atoms with E-state index in [0.717, 1.165) is 38.8 Å². The van der Waals surface area contributed by atoms with Crippen LogP contribution >= 0.6 is 12.4 Å². The number of piperidine rings is 2. The zero-order valence-electron chi connectivity index (χ0n) is 16.4. The number of urea groups is 1. The molecule has 3 saturated heterocycles. The number of likely N-dealkylation sites (tertiary alicyclic amines) is 1. The second-order valence-corrected chi connectivity index (χ2v) is 7.93. The molecule has 3 fully saturated rings. The van der Waals surface area contributed by atoms with Gasteiger partial charge in [-0.1, -0.05) is 0 Å². The number of carbonyl (C=O) groups is 2. The van der Waals surface area contributed by atoms with E-state index in [2.05, 4.69) is 5.32 Å². The number of hydrogen-bond donors (Lipinski definition) is 1. The number of rotatable bonds is 4. The second-order valence-electron chi connectivity index (χ2n) is 7.93. The van der Waals surface area contributed by atoms with Crippen molar-refractivity contribution >= 4 is 24.3 Å². The molecule has 2 bridgehead atoms. The highest BCUT2D eigenvalue weighted by atomic mass is 35.5. The normalized spacial score (nSPS) is 28.4. The molecule has 150 valence electrons. The van der Waals surface area contributed by atoms with Crippen molar-refractivity contribution in [1.29, 1.82) is 0 Å². The average molecular weight is 387 g/mol. The predicted octanol–water partition coefficient (Wildman–Crippen LogP) is 2.32. The molecule has 1 N–H and O–H groups in total. The summed E-state index contributed by atoms with van der Waals surface area (Å²) in [5, 5.41) is 3.65. The van der Waals surface area contributed by atoms with Crippen LogP contribution in [0.15, 0.2) is 0 Å². The van der Waals surface area contributed by atoms with Crippen LogP contribution in [0.4, 0.5) is 4.79 Å². The van der Waals surface area contributed by atoms with Crippen LogP contribution in [-0.2, 0) is 4.79 Å². The van der Waals surface area contributed by atoms with E-state index < -0.39 is 0 Å². The number of carbonyl (C=O) groups excluding carboxylic acids is 2. The lowest BCUT2D eigenvalue weighted by Crippen LogP contribution is -2.52. The second kappa shape index (κ2) is 9.27. The van der Waals surface area contributed by atoms with Gasteiger partial charge < -0.3 is 20.0 Å². The van der Waals surface area contributed by atoms with E-state index in [9.17, 15) is 9.59 Å². The molecule has 3 rings (SSSR count). The number of halogens is 1. The fourth-order valence-electron chi connectivity index (χ4n) is 4.82. The maximum Gasteiger partial charge on any atom is 0.319 e. The van der Waals surface area contributed by atoms with Crippen molar-refractivity contribution in [2.45, 2.75) is 70.5 Å². The fraction of sp³-hybridized carbons (Fsp3) is 0.895. The molecule has 26 heavy (non-hydrogen) atoms. The molecule has 0 aromatic heterocycles. The first-order valence-corrected chi connectivity index (χ1v) is 10.1. The van der Waals surface area contributed by atoms with Crippen molar-refractivity contribution in [2.24, 2.45) is 5.92 Å². The minimum absolute atomic E-state index is 0. The molecule has 2 unspecified atom stereocenters. The highest BCUT2D eigenvalue weighted by Gasteiger charge is 2.38. The van der Waals surface area contributed by atoms with Gasteiger partial charge in [0, 0.05) is 57.3 Å². The molecular formula is C19H35ClN4O2. The Balaban J connectivity index is 0.00000243. The lowest BCUT2D eigenvalue weighted by atomic mass is 9.92. The highest BCUT2D eigenvalue weighted by molar-refractivity contribution is 5.85. The number of amides is 3. The monoisotopic (exact) mass is 386 g/mol. The lowest BCUT2D eigenvalue weighted by molar-refractivity contribution is -0.138. The summed E-state index contributed by atoms with van der Waals surface area (Å²) in [5.74, 6) is 0.375. The molecule has 6 nitrogen and oxygen atoms in total. The standard InChI is InChI=1S/C19H34N4O2.ClH/c1-4-22(5-2)19(25)23-10-8-14(9-11-23)18(24)21(3)17-12-15-6-7-16(13-17)20-15;/h14-17,20H,4-13H2,1-3H3;1H. The number of nitrogens with one attached hydrogen (secondary N) is 1. The van der Waals surface area contributed by atoms with E-state index in [1.165, 1.54) is 12.8 Å². The molecule has 0 aromatic rings. The third kappa shape index (κ3) is 4.45. The Hall–Kier alpha value is -1.01. The van der Waals surface area contributed by atoms with Gasteiger partial charge in [0.25, 0.3) is 0 Å². The molecule has 0 aliphatic carbocycles. The number of nitrogens with zero attached hydrogens (tertiary/aromatic N) is 3. The Kier molecular flexibility index (Phi) is 7.59. The van der Waals surface area contributed by atoms with E-state index in [1.54, 1.807) is 0 Å². The molecule has 0 spiro atoms. The average Bonchev–Trinajstić information content (AvgIpc) is 2.99. The van der Waals surface area contributed by atoms with Crippen LogP contribution < -0.4 is 5.32 Å². The molecule has 0 radical (unpaired) electrons. The van der Waals surface area contributed by atoms with Gasteiger partial charge in [-0.15, -0.1) is 12.4 Å². The van der Waals surface area contributed by atoms with Gasteiger partial charge in [-0.25, -0.2) is 4.79 Å². The largest absolute Gasteiger partial charge is 0.342 e. The van der Waals surface area contributed by atoms with Gasteiger partial charge in [-0.3, -0.25) is 4.79 Å². The van der Waals surface area contributed by atoms with E-state index in [4.69, 9.17) is 0 Å². The van der Waals surface area contributed by atoms with Crippen molar-refractivity contribution in [1.82, 2.24) is 20.0 Å². The van der Waals surface area contributed by atoms with Crippen LogP contribution in [0.2, 0.25) is 0 Å². The van der Waals surface area contributed by atoms with Crippen molar-refractivity contribution in [3.05, 3.63) is 0 Å². The lowest BCUT2D eigenvalue weighted by Gasteiger charge is -2.39. The van der Waals surface area contributed by atoms with E-state index in [-0.39, 0.29) is 24.4 Å². The quantitative estimate of drug-likeness (QED) is 0.806. The number of fused-ring (bicyclic) bond motifs is 2. The van der Waals surface area contributed by atoms with Crippen molar-refractivity contribution < 1.29 is 9.59 Å². The summed E-state index contributed by atoms with van der Waals surface area (Å²) in [6, 6.07) is 1.72.